The number of rotatable bonds is 8. The lowest BCUT2D eigenvalue weighted by Crippen LogP contribution is -1.99. The van der Waals surface area contributed by atoms with Gasteiger partial charge in [-0.2, -0.15) is 0 Å². The summed E-state index contributed by atoms with van der Waals surface area (Å²) in [5, 5.41) is 8.52. The summed E-state index contributed by atoms with van der Waals surface area (Å²) in [6, 6.07) is 17.3. The topological polar surface area (TPSA) is 68.6 Å². The van der Waals surface area contributed by atoms with Gasteiger partial charge < -0.3 is 14.9 Å². The van der Waals surface area contributed by atoms with E-state index in [-0.39, 0.29) is 18.5 Å². The van der Waals surface area contributed by atoms with Crippen LogP contribution in [0.5, 0.6) is 5.75 Å². The monoisotopic (exact) mass is 464 g/mol. The van der Waals surface area contributed by atoms with Crippen molar-refractivity contribution in [2.24, 2.45) is 5.16 Å². The molecule has 0 unspecified atom stereocenters. The second-order valence-corrected chi connectivity index (χ2v) is 7.98. The van der Waals surface area contributed by atoms with E-state index in [1.165, 1.54) is 18.5 Å². The van der Waals surface area contributed by atoms with Crippen LogP contribution in [0.25, 0.3) is 10.9 Å². The molecule has 4 aromatic rings. The highest BCUT2D eigenvalue weighted by Crippen LogP contribution is 2.31. The number of nitrogens with one attached hydrogen (secondary N) is 1. The van der Waals surface area contributed by atoms with Gasteiger partial charge in [0.1, 0.15) is 36.4 Å². The van der Waals surface area contributed by atoms with Gasteiger partial charge in [-0.15, -0.1) is 0 Å². The lowest BCUT2D eigenvalue weighted by Gasteiger charge is -2.12. The molecule has 4 rings (SSSR count). The number of hydrogen-bond donors (Lipinski definition) is 1. The van der Waals surface area contributed by atoms with Gasteiger partial charge in [0.05, 0.1) is 16.8 Å². The van der Waals surface area contributed by atoms with E-state index in [0.717, 1.165) is 27.7 Å². The lowest BCUT2D eigenvalue weighted by molar-refractivity contribution is 0.0874. The first-order valence-electron chi connectivity index (χ1n) is 10.4. The van der Waals surface area contributed by atoms with E-state index in [0.29, 0.717) is 16.6 Å². The van der Waals surface area contributed by atoms with Crippen LogP contribution in [-0.2, 0) is 11.4 Å². The van der Waals surface area contributed by atoms with Crippen LogP contribution >= 0.6 is 11.6 Å². The Balaban J connectivity index is 1.51. The Morgan fingerprint density at radius 2 is 1.97 bits per heavy atom. The van der Waals surface area contributed by atoms with Crippen molar-refractivity contribution in [1.82, 2.24) is 9.97 Å². The third-order valence-corrected chi connectivity index (χ3v) is 4.91. The second kappa shape index (κ2) is 10.3. The first-order chi connectivity index (χ1) is 16.0. The van der Waals surface area contributed by atoms with Crippen LogP contribution in [0.2, 0.25) is 5.02 Å². The number of halogens is 2. The van der Waals surface area contributed by atoms with Gasteiger partial charge in [-0.05, 0) is 67.4 Å². The average molecular weight is 465 g/mol. The van der Waals surface area contributed by atoms with E-state index < -0.39 is 0 Å². The Bertz CT molecular complexity index is 1300. The third-order valence-electron chi connectivity index (χ3n) is 4.61. The molecule has 33 heavy (non-hydrogen) atoms. The molecule has 0 bridgehead atoms. The van der Waals surface area contributed by atoms with E-state index in [4.69, 9.17) is 21.2 Å². The Hall–Kier alpha value is -3.71. The molecular formula is C25H22ClFN4O2. The highest BCUT2D eigenvalue weighted by atomic mass is 35.5. The molecule has 0 aliphatic carbocycles. The minimum absolute atomic E-state index is 0.00725. The fourth-order valence-corrected chi connectivity index (χ4v) is 3.32. The molecule has 0 fully saturated rings. The molecule has 168 valence electrons. The fourth-order valence-electron chi connectivity index (χ4n) is 3.09. The molecule has 0 atom stereocenters. The molecule has 1 heterocycles. The SMILES string of the molecule is CC(C)O/N=C/c1ccc2ncnc(Nc3ccc(OCc4cccc(F)c4)c(Cl)c3)c2c1. The standard InChI is InChI=1S/C25H22ClFN4O2/c1-16(2)33-30-13-17-6-8-23-21(11-17)25(29-15-28-23)31-20-7-9-24(22(26)12-20)32-14-18-4-3-5-19(27)10-18/h3-13,15-16H,14H2,1-2H3,(H,28,29,31)/b30-13+. The maximum absolute atomic E-state index is 13.3. The Kier molecular flexibility index (Phi) is 7.00. The molecule has 0 spiro atoms. The Morgan fingerprint density at radius 3 is 2.76 bits per heavy atom. The van der Waals surface area contributed by atoms with Gasteiger partial charge >= 0.3 is 0 Å². The molecule has 0 aliphatic rings. The molecule has 0 amide bonds. The molecule has 1 aromatic heterocycles. The second-order valence-electron chi connectivity index (χ2n) is 7.58. The maximum atomic E-state index is 13.3. The van der Waals surface area contributed by atoms with Gasteiger partial charge in [-0.1, -0.05) is 35.0 Å². The van der Waals surface area contributed by atoms with Crippen molar-refractivity contribution in [2.75, 3.05) is 5.32 Å². The molecule has 0 saturated heterocycles. The fraction of sp³-hybridized carbons (Fsp3) is 0.160. The predicted molar refractivity (Wildman–Crippen MR) is 129 cm³/mol. The normalized spacial score (nSPS) is 11.3. The first-order valence-corrected chi connectivity index (χ1v) is 10.7. The van der Waals surface area contributed by atoms with Crippen molar-refractivity contribution >= 4 is 40.2 Å². The summed E-state index contributed by atoms with van der Waals surface area (Å²) >= 11 is 6.42. The average Bonchev–Trinajstić information content (AvgIpc) is 2.79. The zero-order chi connectivity index (χ0) is 23.2. The summed E-state index contributed by atoms with van der Waals surface area (Å²) in [4.78, 5) is 13.9. The van der Waals surface area contributed by atoms with Crippen LogP contribution in [0, 0.1) is 5.82 Å². The van der Waals surface area contributed by atoms with Gasteiger partial charge in [0.2, 0.25) is 0 Å². The zero-order valence-electron chi connectivity index (χ0n) is 18.1. The van der Waals surface area contributed by atoms with Crippen LogP contribution in [0.1, 0.15) is 25.0 Å². The number of fused-ring (bicyclic) bond motifs is 1. The van der Waals surface area contributed by atoms with Crippen LogP contribution in [-0.4, -0.2) is 22.3 Å². The van der Waals surface area contributed by atoms with Crippen molar-refractivity contribution < 1.29 is 14.0 Å². The largest absolute Gasteiger partial charge is 0.487 e. The van der Waals surface area contributed by atoms with Crippen LogP contribution in [0.3, 0.4) is 0 Å². The summed E-state index contributed by atoms with van der Waals surface area (Å²) in [6.45, 7) is 4.04. The summed E-state index contributed by atoms with van der Waals surface area (Å²) in [5.41, 5.74) is 3.11. The number of benzene rings is 3. The smallest absolute Gasteiger partial charge is 0.141 e. The van der Waals surface area contributed by atoms with Crippen molar-refractivity contribution in [3.63, 3.8) is 0 Å². The van der Waals surface area contributed by atoms with Crippen molar-refractivity contribution in [3.05, 3.63) is 89.0 Å². The van der Waals surface area contributed by atoms with Crippen molar-refractivity contribution in [3.8, 4) is 5.75 Å². The van der Waals surface area contributed by atoms with E-state index in [9.17, 15) is 4.39 Å². The third kappa shape index (κ3) is 5.96. The highest BCUT2D eigenvalue weighted by Gasteiger charge is 2.08. The number of aromatic nitrogens is 2. The number of oxime groups is 1. The van der Waals surface area contributed by atoms with Gasteiger partial charge in [-0.25, -0.2) is 14.4 Å². The van der Waals surface area contributed by atoms with Crippen LogP contribution < -0.4 is 10.1 Å². The molecule has 0 saturated carbocycles. The summed E-state index contributed by atoms with van der Waals surface area (Å²) in [6.07, 6.45) is 3.16. The van der Waals surface area contributed by atoms with Gasteiger partial charge in [0, 0.05) is 11.1 Å². The number of ether oxygens (including phenoxy) is 1. The van der Waals surface area contributed by atoms with Crippen molar-refractivity contribution in [1.29, 1.82) is 0 Å². The van der Waals surface area contributed by atoms with Crippen LogP contribution in [0.15, 0.2) is 72.1 Å². The minimum Gasteiger partial charge on any atom is -0.487 e. The summed E-state index contributed by atoms with van der Waals surface area (Å²) in [5.74, 6) is 0.827. The molecule has 6 nitrogen and oxygen atoms in total. The molecular weight excluding hydrogens is 443 g/mol. The molecule has 0 radical (unpaired) electrons. The van der Waals surface area contributed by atoms with Gasteiger partial charge in [0.25, 0.3) is 0 Å². The molecule has 8 heteroatoms. The minimum atomic E-state index is -0.305. The number of hydrogen-bond acceptors (Lipinski definition) is 6. The number of nitrogens with zero attached hydrogens (tertiary/aromatic N) is 3. The molecule has 0 aliphatic heterocycles. The van der Waals surface area contributed by atoms with E-state index in [1.54, 1.807) is 30.5 Å². The van der Waals surface area contributed by atoms with Crippen molar-refractivity contribution in [2.45, 2.75) is 26.6 Å². The number of anilines is 2. The van der Waals surface area contributed by atoms with E-state index in [1.807, 2.05) is 38.1 Å². The van der Waals surface area contributed by atoms with E-state index >= 15 is 0 Å². The molecule has 3 aromatic carbocycles. The Labute approximate surface area is 196 Å². The summed E-state index contributed by atoms with van der Waals surface area (Å²) in [7, 11) is 0. The van der Waals surface area contributed by atoms with Gasteiger partial charge in [-0.3, -0.25) is 0 Å². The van der Waals surface area contributed by atoms with E-state index in [2.05, 4.69) is 20.4 Å². The highest BCUT2D eigenvalue weighted by molar-refractivity contribution is 6.32. The van der Waals surface area contributed by atoms with Crippen LogP contribution in [0.4, 0.5) is 15.9 Å². The lowest BCUT2D eigenvalue weighted by atomic mass is 10.1. The predicted octanol–water partition coefficient (Wildman–Crippen LogP) is 6.50. The van der Waals surface area contributed by atoms with Gasteiger partial charge in [0.15, 0.2) is 0 Å². The zero-order valence-corrected chi connectivity index (χ0v) is 18.9. The quantitative estimate of drug-likeness (QED) is 0.238. The molecule has 1 N–H and O–H groups in total. The summed E-state index contributed by atoms with van der Waals surface area (Å²) < 4.78 is 19.1. The first kappa shape index (κ1) is 22.5. The Morgan fingerprint density at radius 1 is 1.09 bits per heavy atom. The maximum Gasteiger partial charge on any atom is 0.141 e.